The van der Waals surface area contributed by atoms with Gasteiger partial charge in [-0.25, -0.2) is 4.79 Å². The van der Waals surface area contributed by atoms with Gasteiger partial charge in [0.2, 0.25) is 5.91 Å². The fourth-order valence-electron chi connectivity index (χ4n) is 3.21. The Kier molecular flexibility index (Phi) is 10.9. The second-order valence-corrected chi connectivity index (χ2v) is 8.74. The van der Waals surface area contributed by atoms with Crippen LogP contribution >= 0.6 is 9.24 Å². The van der Waals surface area contributed by atoms with Crippen molar-refractivity contribution in [3.63, 3.8) is 0 Å². The van der Waals surface area contributed by atoms with Crippen molar-refractivity contribution in [1.29, 1.82) is 0 Å². The summed E-state index contributed by atoms with van der Waals surface area (Å²) in [4.78, 5) is 34.9. The minimum atomic E-state index is -1.68. The molecule has 11 nitrogen and oxygen atoms in total. The van der Waals surface area contributed by atoms with Gasteiger partial charge in [-0.15, -0.1) is 9.24 Å². The summed E-state index contributed by atoms with van der Waals surface area (Å²) in [6, 6.07) is -0.797. The van der Waals surface area contributed by atoms with E-state index in [2.05, 4.69) is 14.6 Å². The first-order chi connectivity index (χ1) is 14.3. The van der Waals surface area contributed by atoms with Gasteiger partial charge in [-0.05, 0) is 27.7 Å². The summed E-state index contributed by atoms with van der Waals surface area (Å²) in [5, 5.41) is 32.3. The molecule has 4 N–H and O–H groups in total. The monoisotopic (exact) mass is 467 g/mol. The lowest BCUT2D eigenvalue weighted by Crippen LogP contribution is -2.65. The molecule has 0 bridgehead atoms. The smallest absolute Gasteiger partial charge is 0.336 e. The highest BCUT2D eigenvalue weighted by Crippen LogP contribution is 2.26. The molecule has 0 aliphatic carbocycles. The molecule has 0 aromatic heterocycles. The van der Waals surface area contributed by atoms with Crippen molar-refractivity contribution in [1.82, 2.24) is 5.32 Å². The van der Waals surface area contributed by atoms with Crippen molar-refractivity contribution < 1.29 is 48.7 Å². The number of carbonyl (C=O) groups excluding carboxylic acids is 2. The Labute approximate surface area is 184 Å². The van der Waals surface area contributed by atoms with Crippen molar-refractivity contribution in [2.45, 2.75) is 89.2 Å². The lowest BCUT2D eigenvalue weighted by molar-refractivity contribution is -0.264. The predicted molar refractivity (Wildman–Crippen MR) is 111 cm³/mol. The molecule has 1 rings (SSSR count). The molecule has 0 spiro atoms. The van der Waals surface area contributed by atoms with Crippen LogP contribution in [0.15, 0.2) is 0 Å². The number of hydrogen-bond donors (Lipinski definition) is 4. The molecule has 0 aromatic carbocycles. The quantitative estimate of drug-likeness (QED) is 0.170. The maximum atomic E-state index is 11.8. The minimum absolute atomic E-state index is 0.0833. The first-order valence-corrected chi connectivity index (χ1v) is 10.7. The molecular formula is C19H34NO10P. The van der Waals surface area contributed by atoms with Gasteiger partial charge in [-0.1, -0.05) is 0 Å². The molecule has 6 unspecified atom stereocenters. The molecule has 0 radical (unpaired) electrons. The van der Waals surface area contributed by atoms with Crippen LogP contribution in [0, 0.1) is 0 Å². The molecule has 1 heterocycles. The van der Waals surface area contributed by atoms with Gasteiger partial charge < -0.3 is 44.4 Å². The molecule has 31 heavy (non-hydrogen) atoms. The van der Waals surface area contributed by atoms with Crippen LogP contribution in [0.25, 0.3) is 0 Å². The van der Waals surface area contributed by atoms with Crippen molar-refractivity contribution in [3.05, 3.63) is 0 Å². The topological polar surface area (TPSA) is 161 Å². The number of hydrogen-bond acceptors (Lipinski definition) is 9. The Morgan fingerprint density at radius 2 is 1.94 bits per heavy atom. The van der Waals surface area contributed by atoms with Crippen LogP contribution in [-0.4, -0.2) is 101 Å². The zero-order valence-corrected chi connectivity index (χ0v) is 19.5. The molecule has 1 fully saturated rings. The van der Waals surface area contributed by atoms with Crippen LogP contribution in [-0.2, 0) is 33.3 Å². The van der Waals surface area contributed by atoms with Crippen molar-refractivity contribution >= 4 is 27.4 Å². The fraction of sp³-hybridized carbons (Fsp3) is 0.842. The number of carbonyl (C=O) groups is 3. The average molecular weight is 467 g/mol. The summed E-state index contributed by atoms with van der Waals surface area (Å²) in [7, 11) is 2.33. The lowest BCUT2D eigenvalue weighted by atomic mass is 9.93. The summed E-state index contributed by atoms with van der Waals surface area (Å²) >= 11 is 0. The van der Waals surface area contributed by atoms with Crippen molar-refractivity contribution in [2.24, 2.45) is 0 Å². The first kappa shape index (κ1) is 27.8. The maximum absolute atomic E-state index is 11.8. The van der Waals surface area contributed by atoms with E-state index in [1.54, 1.807) is 27.7 Å². The molecule has 1 amide bonds. The number of carboxylic acid groups (broad SMARTS) is 1. The lowest BCUT2D eigenvalue weighted by Gasteiger charge is -2.44. The third-order valence-electron chi connectivity index (χ3n) is 4.48. The molecular weight excluding hydrogens is 433 g/mol. The number of amides is 1. The van der Waals surface area contributed by atoms with Crippen LogP contribution < -0.4 is 5.32 Å². The molecule has 1 saturated heterocycles. The number of rotatable bonds is 11. The minimum Gasteiger partial charge on any atom is -0.479 e. The largest absolute Gasteiger partial charge is 0.479 e. The van der Waals surface area contributed by atoms with Crippen LogP contribution in [0.2, 0.25) is 0 Å². The van der Waals surface area contributed by atoms with Crippen LogP contribution in [0.1, 0.15) is 34.6 Å². The van der Waals surface area contributed by atoms with Crippen LogP contribution in [0.4, 0.5) is 0 Å². The van der Waals surface area contributed by atoms with Crippen LogP contribution in [0.3, 0.4) is 0 Å². The number of nitrogens with one attached hydrogen (secondary N) is 1. The number of ether oxygens (including phenoxy) is 4. The van der Waals surface area contributed by atoms with Crippen molar-refractivity contribution in [2.75, 3.05) is 12.8 Å². The van der Waals surface area contributed by atoms with E-state index in [1.165, 1.54) is 6.92 Å². The number of carboxylic acids is 1. The van der Waals surface area contributed by atoms with Gasteiger partial charge in [0.25, 0.3) is 0 Å². The van der Waals surface area contributed by atoms with Gasteiger partial charge in [-0.3, -0.25) is 4.79 Å². The number of aldehydes is 1. The maximum Gasteiger partial charge on any atom is 0.336 e. The molecule has 0 aromatic rings. The Bertz CT molecular complexity index is 613. The summed E-state index contributed by atoms with van der Waals surface area (Å²) in [6.07, 6.45) is -7.87. The summed E-state index contributed by atoms with van der Waals surface area (Å²) < 4.78 is 22.4. The second kappa shape index (κ2) is 12.2. The van der Waals surface area contributed by atoms with E-state index in [9.17, 15) is 29.7 Å². The van der Waals surface area contributed by atoms with Gasteiger partial charge >= 0.3 is 5.97 Å². The Morgan fingerprint density at radius 3 is 2.35 bits per heavy atom. The van der Waals surface area contributed by atoms with Gasteiger partial charge in [0.15, 0.2) is 24.8 Å². The highest BCUT2D eigenvalue weighted by Gasteiger charge is 2.46. The molecule has 180 valence electrons. The molecule has 9 atom stereocenters. The van der Waals surface area contributed by atoms with Gasteiger partial charge in [0, 0.05) is 13.1 Å². The van der Waals surface area contributed by atoms with E-state index in [4.69, 9.17) is 18.9 Å². The standard InChI is InChI=1S/C19H34NO10P/c1-9-14(20-10(2)23)17(15(24)11(6-21)27-9)29-13(8-31)28-16(18(25)26)12(7-22)30-19(3,4)5/h7,9,11-17,21,24H,6,8,31H2,1-5H3,(H,20,23)(H,25,26)/t9-,11?,12?,13-,14?,15-,16?,17?/m0/s1. The zero-order valence-electron chi connectivity index (χ0n) is 18.4. The van der Waals surface area contributed by atoms with Gasteiger partial charge in [0.05, 0.1) is 24.4 Å². The summed E-state index contributed by atoms with van der Waals surface area (Å²) in [5.41, 5.74) is -0.808. The number of aliphatic carboxylic acids is 1. The van der Waals surface area contributed by atoms with E-state index in [1.807, 2.05) is 0 Å². The van der Waals surface area contributed by atoms with E-state index in [0.717, 1.165) is 0 Å². The van der Waals surface area contributed by atoms with Gasteiger partial charge in [-0.2, -0.15) is 0 Å². The Hall–Kier alpha value is -1.20. The SMILES string of the molecule is CC(=O)NC1C(O[C@@H](CP)OC(C(=O)O)C(C=O)OC(C)(C)C)[C@@H](O)C(CO)O[C@H]1C. The first-order valence-electron chi connectivity index (χ1n) is 9.93. The fourth-order valence-corrected chi connectivity index (χ4v) is 3.43. The summed E-state index contributed by atoms with van der Waals surface area (Å²) in [6.45, 7) is 7.43. The van der Waals surface area contributed by atoms with E-state index >= 15 is 0 Å². The third-order valence-corrected chi connectivity index (χ3v) is 4.87. The summed E-state index contributed by atoms with van der Waals surface area (Å²) in [5.74, 6) is -1.82. The Balaban J connectivity index is 3.09. The highest BCUT2D eigenvalue weighted by molar-refractivity contribution is 7.16. The average Bonchev–Trinajstić information content (AvgIpc) is 2.66. The van der Waals surface area contributed by atoms with E-state index in [0.29, 0.717) is 6.29 Å². The van der Waals surface area contributed by atoms with E-state index < -0.39 is 73.0 Å². The van der Waals surface area contributed by atoms with E-state index in [-0.39, 0.29) is 6.16 Å². The van der Waals surface area contributed by atoms with Crippen molar-refractivity contribution in [3.8, 4) is 0 Å². The third kappa shape index (κ3) is 8.34. The number of aliphatic hydroxyl groups is 2. The Morgan fingerprint density at radius 1 is 1.32 bits per heavy atom. The van der Waals surface area contributed by atoms with Crippen LogP contribution in [0.5, 0.6) is 0 Å². The highest BCUT2D eigenvalue weighted by atomic mass is 31.0. The molecule has 0 saturated carbocycles. The zero-order chi connectivity index (χ0) is 23.9. The second-order valence-electron chi connectivity index (χ2n) is 8.27. The number of aliphatic hydroxyl groups excluding tert-OH is 2. The molecule has 1 aliphatic rings. The normalized spacial score (nSPS) is 29.6. The van der Waals surface area contributed by atoms with Gasteiger partial charge in [0.1, 0.15) is 18.3 Å². The molecule has 12 heteroatoms. The molecule has 1 aliphatic heterocycles. The predicted octanol–water partition coefficient (Wildman–Crippen LogP) is -0.930.